The number of aliphatic carboxylic acids is 1. The highest BCUT2D eigenvalue weighted by Crippen LogP contribution is 2.28. The Bertz CT molecular complexity index is 673. The molecule has 1 aliphatic heterocycles. The van der Waals surface area contributed by atoms with Crippen molar-refractivity contribution in [3.8, 4) is 5.75 Å². The Hall–Kier alpha value is -1.64. The second-order valence-electron chi connectivity index (χ2n) is 6.21. The Morgan fingerprint density at radius 2 is 1.92 bits per heavy atom. The van der Waals surface area contributed by atoms with Gasteiger partial charge in [-0.15, -0.1) is 0 Å². The average Bonchev–Trinajstić information content (AvgIpc) is 2.58. The second-order valence-corrected chi connectivity index (χ2v) is 8.15. The summed E-state index contributed by atoms with van der Waals surface area (Å²) in [5, 5.41) is 9.22. The summed E-state index contributed by atoms with van der Waals surface area (Å²) >= 11 is 0. The molecule has 0 radical (unpaired) electrons. The maximum absolute atomic E-state index is 12.8. The average molecular weight is 371 g/mol. The van der Waals surface area contributed by atoms with Crippen molar-refractivity contribution >= 4 is 16.0 Å². The highest BCUT2D eigenvalue weighted by atomic mass is 32.2. The molecule has 0 bridgehead atoms. The van der Waals surface area contributed by atoms with Gasteiger partial charge in [-0.3, -0.25) is 4.79 Å². The number of nitrogens with zero attached hydrogens (tertiary/aromatic N) is 1. The monoisotopic (exact) mass is 371 g/mol. The first-order valence-corrected chi connectivity index (χ1v) is 9.82. The van der Waals surface area contributed by atoms with E-state index in [9.17, 15) is 18.3 Å². The van der Waals surface area contributed by atoms with Crippen LogP contribution >= 0.6 is 0 Å². The Morgan fingerprint density at radius 3 is 2.52 bits per heavy atom. The molecule has 0 spiro atoms. The number of carboxylic acids is 1. The largest absolute Gasteiger partial charge is 0.491 e. The van der Waals surface area contributed by atoms with E-state index in [2.05, 4.69) is 0 Å². The molecule has 25 heavy (non-hydrogen) atoms. The Morgan fingerprint density at radius 1 is 1.24 bits per heavy atom. The summed E-state index contributed by atoms with van der Waals surface area (Å²) in [5.74, 6) is -1.05. The molecule has 1 aromatic rings. The van der Waals surface area contributed by atoms with E-state index >= 15 is 0 Å². The molecule has 7 nitrogen and oxygen atoms in total. The number of hydrogen-bond acceptors (Lipinski definition) is 5. The normalized spacial score (nSPS) is 21.8. The molecular formula is C17H25NO6S. The van der Waals surface area contributed by atoms with Gasteiger partial charge < -0.3 is 14.6 Å². The summed E-state index contributed by atoms with van der Waals surface area (Å²) in [6.07, 6.45) is 0.494. The number of carbonyl (C=O) groups is 1. The molecule has 2 atom stereocenters. The number of piperidine rings is 1. The minimum absolute atomic E-state index is 0.00537. The van der Waals surface area contributed by atoms with Crippen molar-refractivity contribution in [3.05, 3.63) is 24.3 Å². The van der Waals surface area contributed by atoms with Crippen LogP contribution in [0.15, 0.2) is 29.2 Å². The Kier molecular flexibility index (Phi) is 6.80. The number of carboxylic acid groups (broad SMARTS) is 1. The zero-order valence-corrected chi connectivity index (χ0v) is 15.4. The molecule has 1 aliphatic rings. The molecule has 2 unspecified atom stereocenters. The lowest BCUT2D eigenvalue weighted by Gasteiger charge is -2.33. The highest BCUT2D eigenvalue weighted by molar-refractivity contribution is 7.89. The lowest BCUT2D eigenvalue weighted by Crippen LogP contribution is -2.45. The maximum atomic E-state index is 12.8. The van der Waals surface area contributed by atoms with Gasteiger partial charge in [-0.05, 0) is 43.5 Å². The highest BCUT2D eigenvalue weighted by Gasteiger charge is 2.36. The second kappa shape index (κ2) is 8.64. The maximum Gasteiger partial charge on any atom is 0.307 e. The predicted octanol–water partition coefficient (Wildman–Crippen LogP) is 1.83. The zero-order chi connectivity index (χ0) is 18.4. The molecule has 1 N–H and O–H groups in total. The van der Waals surface area contributed by atoms with Crippen LogP contribution in [0.5, 0.6) is 5.75 Å². The van der Waals surface area contributed by atoms with Crippen LogP contribution in [0.4, 0.5) is 0 Å². The van der Waals surface area contributed by atoms with Crippen LogP contribution in [0.2, 0.25) is 0 Å². The number of benzene rings is 1. The summed E-state index contributed by atoms with van der Waals surface area (Å²) in [6, 6.07) is 6.17. The van der Waals surface area contributed by atoms with Crippen molar-refractivity contribution in [1.82, 2.24) is 4.31 Å². The van der Waals surface area contributed by atoms with E-state index < -0.39 is 21.9 Å². The smallest absolute Gasteiger partial charge is 0.307 e. The van der Waals surface area contributed by atoms with Crippen molar-refractivity contribution in [2.24, 2.45) is 11.8 Å². The van der Waals surface area contributed by atoms with Crippen LogP contribution in [0.3, 0.4) is 0 Å². The van der Waals surface area contributed by atoms with Gasteiger partial charge in [-0.25, -0.2) is 8.42 Å². The first-order valence-electron chi connectivity index (χ1n) is 8.38. The summed E-state index contributed by atoms with van der Waals surface area (Å²) < 4.78 is 37.5. The number of sulfonamides is 1. The van der Waals surface area contributed by atoms with E-state index in [1.54, 1.807) is 12.1 Å². The van der Waals surface area contributed by atoms with E-state index in [1.165, 1.54) is 16.4 Å². The molecule has 0 saturated carbocycles. The SMILES string of the molecule is CCOCCOc1ccc(S(=O)(=O)N2CC(C)CC(C(=O)O)C2)cc1. The van der Waals surface area contributed by atoms with Crippen molar-refractivity contribution in [1.29, 1.82) is 0 Å². The van der Waals surface area contributed by atoms with Gasteiger partial charge in [-0.2, -0.15) is 4.31 Å². The van der Waals surface area contributed by atoms with Crippen LogP contribution in [-0.4, -0.2) is 56.7 Å². The summed E-state index contributed by atoms with van der Waals surface area (Å²) in [4.78, 5) is 11.4. The molecule has 1 fully saturated rings. The van der Waals surface area contributed by atoms with Gasteiger partial charge in [0.15, 0.2) is 0 Å². The number of rotatable bonds is 8. The predicted molar refractivity (Wildman–Crippen MR) is 92.1 cm³/mol. The molecule has 1 aromatic carbocycles. The van der Waals surface area contributed by atoms with Crippen LogP contribution in [0, 0.1) is 11.8 Å². The summed E-state index contributed by atoms with van der Waals surface area (Å²) in [6.45, 7) is 5.59. The molecule has 140 valence electrons. The Labute approximate surface area is 148 Å². The van der Waals surface area contributed by atoms with E-state index in [-0.39, 0.29) is 17.4 Å². The van der Waals surface area contributed by atoms with Gasteiger partial charge in [0.1, 0.15) is 12.4 Å². The van der Waals surface area contributed by atoms with Gasteiger partial charge in [0.05, 0.1) is 17.4 Å². The number of ether oxygens (including phenoxy) is 2. The van der Waals surface area contributed by atoms with Gasteiger partial charge in [-0.1, -0.05) is 6.92 Å². The van der Waals surface area contributed by atoms with Gasteiger partial charge in [0, 0.05) is 19.7 Å². The van der Waals surface area contributed by atoms with Crippen molar-refractivity contribution in [2.45, 2.75) is 25.2 Å². The van der Waals surface area contributed by atoms with Crippen molar-refractivity contribution in [3.63, 3.8) is 0 Å². The third-order valence-electron chi connectivity index (χ3n) is 4.14. The van der Waals surface area contributed by atoms with Crippen molar-refractivity contribution in [2.75, 3.05) is 32.9 Å². The van der Waals surface area contributed by atoms with E-state index in [0.29, 0.717) is 38.5 Å². The summed E-state index contributed by atoms with van der Waals surface area (Å²) in [5.41, 5.74) is 0. The number of hydrogen-bond donors (Lipinski definition) is 1. The van der Waals surface area contributed by atoms with Gasteiger partial charge in [0.25, 0.3) is 0 Å². The molecule has 2 rings (SSSR count). The van der Waals surface area contributed by atoms with Crippen LogP contribution in [0.1, 0.15) is 20.3 Å². The lowest BCUT2D eigenvalue weighted by molar-refractivity contribution is -0.143. The minimum Gasteiger partial charge on any atom is -0.491 e. The first kappa shape index (κ1) is 19.7. The molecule has 1 saturated heterocycles. The quantitative estimate of drug-likeness (QED) is 0.701. The van der Waals surface area contributed by atoms with Crippen LogP contribution in [-0.2, 0) is 19.6 Å². The van der Waals surface area contributed by atoms with E-state index in [1.807, 2.05) is 13.8 Å². The minimum atomic E-state index is -3.72. The third kappa shape index (κ3) is 5.17. The Balaban J connectivity index is 2.07. The van der Waals surface area contributed by atoms with E-state index in [0.717, 1.165) is 0 Å². The molecule has 0 amide bonds. The molecule has 8 heteroatoms. The molecular weight excluding hydrogens is 346 g/mol. The fourth-order valence-corrected chi connectivity index (χ4v) is 4.50. The lowest BCUT2D eigenvalue weighted by atomic mass is 9.92. The topological polar surface area (TPSA) is 93.1 Å². The van der Waals surface area contributed by atoms with E-state index in [4.69, 9.17) is 9.47 Å². The van der Waals surface area contributed by atoms with Gasteiger partial charge >= 0.3 is 5.97 Å². The van der Waals surface area contributed by atoms with Crippen LogP contribution < -0.4 is 4.74 Å². The molecule has 0 aliphatic carbocycles. The summed E-state index contributed by atoms with van der Waals surface area (Å²) in [7, 11) is -3.72. The van der Waals surface area contributed by atoms with Crippen molar-refractivity contribution < 1.29 is 27.8 Å². The first-order chi connectivity index (χ1) is 11.8. The third-order valence-corrected chi connectivity index (χ3v) is 5.98. The fraction of sp³-hybridized carbons (Fsp3) is 0.588. The van der Waals surface area contributed by atoms with Crippen LogP contribution in [0.25, 0.3) is 0 Å². The molecule has 0 aromatic heterocycles. The molecule has 1 heterocycles. The van der Waals surface area contributed by atoms with Gasteiger partial charge in [0.2, 0.25) is 10.0 Å². The zero-order valence-electron chi connectivity index (χ0n) is 14.6. The fourth-order valence-electron chi connectivity index (χ4n) is 2.90. The standard InChI is InChI=1S/C17H25NO6S/c1-3-23-8-9-24-15-4-6-16(7-5-15)25(21,22)18-11-13(2)10-14(12-18)17(19)20/h4-7,13-14H,3,8-12H2,1-2H3,(H,19,20).